The molecule has 1 aliphatic rings. The summed E-state index contributed by atoms with van der Waals surface area (Å²) in [5.41, 5.74) is 0.389. The van der Waals surface area contributed by atoms with Crippen LogP contribution < -0.4 is 10.6 Å². The van der Waals surface area contributed by atoms with Gasteiger partial charge in [0, 0.05) is 12.1 Å². The second kappa shape index (κ2) is 6.39. The van der Waals surface area contributed by atoms with E-state index in [2.05, 4.69) is 38.3 Å². The molecule has 1 aliphatic carbocycles. The van der Waals surface area contributed by atoms with Crippen molar-refractivity contribution in [1.29, 1.82) is 0 Å². The molecule has 0 radical (unpaired) electrons. The molecule has 17 heavy (non-hydrogen) atoms. The molecule has 3 heteroatoms. The van der Waals surface area contributed by atoms with Crippen LogP contribution in [0.4, 0.5) is 0 Å². The van der Waals surface area contributed by atoms with Crippen LogP contribution in [-0.2, 0) is 4.79 Å². The summed E-state index contributed by atoms with van der Waals surface area (Å²) >= 11 is 0. The van der Waals surface area contributed by atoms with Crippen molar-refractivity contribution in [1.82, 2.24) is 10.6 Å². The van der Waals surface area contributed by atoms with Crippen LogP contribution in [0.15, 0.2) is 0 Å². The topological polar surface area (TPSA) is 41.1 Å². The van der Waals surface area contributed by atoms with E-state index < -0.39 is 0 Å². The van der Waals surface area contributed by atoms with Crippen LogP contribution in [0, 0.1) is 5.41 Å². The zero-order valence-corrected chi connectivity index (χ0v) is 11.8. The number of nitrogens with one attached hydrogen (secondary N) is 2. The molecule has 0 aromatic carbocycles. The van der Waals surface area contributed by atoms with E-state index >= 15 is 0 Å². The zero-order chi connectivity index (χ0) is 12.9. The second-order valence-electron chi connectivity index (χ2n) is 6.22. The molecule has 0 spiro atoms. The Balaban J connectivity index is 2.26. The highest BCUT2D eigenvalue weighted by molar-refractivity contribution is 5.78. The van der Waals surface area contributed by atoms with E-state index in [4.69, 9.17) is 0 Å². The van der Waals surface area contributed by atoms with Crippen LogP contribution >= 0.6 is 0 Å². The number of rotatable bonds is 5. The first-order chi connectivity index (χ1) is 7.93. The number of carbonyl (C=O) groups is 1. The average molecular weight is 240 g/mol. The molecule has 0 aliphatic heterocycles. The summed E-state index contributed by atoms with van der Waals surface area (Å²) in [6.45, 7) is 9.27. The van der Waals surface area contributed by atoms with Gasteiger partial charge in [-0.1, -0.05) is 27.2 Å². The van der Waals surface area contributed by atoms with Crippen molar-refractivity contribution < 1.29 is 4.79 Å². The summed E-state index contributed by atoms with van der Waals surface area (Å²) in [4.78, 5) is 11.8. The highest BCUT2D eigenvalue weighted by Gasteiger charge is 2.28. The summed E-state index contributed by atoms with van der Waals surface area (Å²) < 4.78 is 0. The molecule has 0 bridgehead atoms. The minimum Gasteiger partial charge on any atom is -0.352 e. The predicted octanol–water partition coefficient (Wildman–Crippen LogP) is 2.46. The fourth-order valence-electron chi connectivity index (χ4n) is 2.51. The van der Waals surface area contributed by atoms with E-state index in [1.165, 1.54) is 12.8 Å². The Labute approximate surface area is 106 Å². The molecule has 1 saturated carbocycles. The Morgan fingerprint density at radius 1 is 1.47 bits per heavy atom. The fourth-order valence-corrected chi connectivity index (χ4v) is 2.51. The fraction of sp³-hybridized carbons (Fsp3) is 0.929. The van der Waals surface area contributed by atoms with Gasteiger partial charge in [0.1, 0.15) is 0 Å². The number of carbonyl (C=O) groups excluding carboxylic acids is 1. The van der Waals surface area contributed by atoms with Gasteiger partial charge in [-0.05, 0) is 38.0 Å². The Hall–Kier alpha value is -0.570. The normalized spacial score (nSPS) is 25.3. The Morgan fingerprint density at radius 2 is 2.18 bits per heavy atom. The summed E-state index contributed by atoms with van der Waals surface area (Å²) in [6.07, 6.45) is 5.82. The molecule has 100 valence electrons. The van der Waals surface area contributed by atoms with Crippen molar-refractivity contribution in [2.45, 2.75) is 71.9 Å². The van der Waals surface area contributed by atoms with Crippen LogP contribution in [0.5, 0.6) is 0 Å². The largest absolute Gasteiger partial charge is 0.352 e. The molecule has 2 atom stereocenters. The van der Waals surface area contributed by atoms with E-state index in [9.17, 15) is 4.79 Å². The summed E-state index contributed by atoms with van der Waals surface area (Å²) in [5.74, 6) is 0.146. The first kappa shape index (κ1) is 14.5. The Morgan fingerprint density at radius 3 is 2.76 bits per heavy atom. The quantitative estimate of drug-likeness (QED) is 0.775. The minimum absolute atomic E-state index is 0.146. The maximum atomic E-state index is 11.8. The third-order valence-electron chi connectivity index (χ3n) is 3.79. The van der Waals surface area contributed by atoms with Gasteiger partial charge in [-0.25, -0.2) is 0 Å². The molecule has 1 amide bonds. The number of hydrogen-bond acceptors (Lipinski definition) is 2. The van der Waals surface area contributed by atoms with Crippen molar-refractivity contribution in [2.75, 3.05) is 6.54 Å². The standard InChI is InChI=1S/C14H28N2O/c1-5-11(2)15-10-13(17)16-12-7-6-8-14(3,4)9-12/h11-12,15H,5-10H2,1-4H3,(H,16,17). The van der Waals surface area contributed by atoms with E-state index in [1.807, 2.05) is 0 Å². The molecule has 0 aromatic heterocycles. The maximum absolute atomic E-state index is 11.8. The van der Waals surface area contributed by atoms with E-state index in [0.29, 0.717) is 24.0 Å². The van der Waals surface area contributed by atoms with Crippen LogP contribution in [0.1, 0.15) is 59.8 Å². The van der Waals surface area contributed by atoms with Crippen LogP contribution in [0.25, 0.3) is 0 Å². The lowest BCUT2D eigenvalue weighted by atomic mass is 9.75. The van der Waals surface area contributed by atoms with Crippen molar-refractivity contribution >= 4 is 5.91 Å². The van der Waals surface area contributed by atoms with Crippen LogP contribution in [-0.4, -0.2) is 24.5 Å². The number of hydrogen-bond donors (Lipinski definition) is 2. The summed E-state index contributed by atoms with van der Waals surface area (Å²) in [6, 6.07) is 0.800. The molecule has 3 nitrogen and oxygen atoms in total. The van der Waals surface area contributed by atoms with Gasteiger partial charge in [0.15, 0.2) is 0 Å². The summed E-state index contributed by atoms with van der Waals surface area (Å²) in [5, 5.41) is 6.38. The maximum Gasteiger partial charge on any atom is 0.234 e. The van der Waals surface area contributed by atoms with Gasteiger partial charge in [-0.3, -0.25) is 4.79 Å². The van der Waals surface area contributed by atoms with E-state index in [1.54, 1.807) is 0 Å². The smallest absolute Gasteiger partial charge is 0.234 e. The lowest BCUT2D eigenvalue weighted by Crippen LogP contribution is -2.45. The molecular weight excluding hydrogens is 212 g/mol. The Kier molecular flexibility index (Phi) is 5.44. The molecule has 0 saturated heterocycles. The SMILES string of the molecule is CCC(C)NCC(=O)NC1CCCC(C)(C)C1. The first-order valence-electron chi connectivity index (χ1n) is 6.95. The molecule has 2 unspecified atom stereocenters. The number of amides is 1. The average Bonchev–Trinajstić information content (AvgIpc) is 2.24. The van der Waals surface area contributed by atoms with Crippen molar-refractivity contribution in [3.05, 3.63) is 0 Å². The second-order valence-corrected chi connectivity index (χ2v) is 6.22. The monoisotopic (exact) mass is 240 g/mol. The lowest BCUT2D eigenvalue weighted by molar-refractivity contribution is -0.121. The molecule has 1 rings (SSSR count). The lowest BCUT2D eigenvalue weighted by Gasteiger charge is -2.35. The molecule has 0 heterocycles. The molecular formula is C14H28N2O. The minimum atomic E-state index is 0.146. The van der Waals surface area contributed by atoms with Crippen LogP contribution in [0.3, 0.4) is 0 Å². The van der Waals surface area contributed by atoms with Crippen molar-refractivity contribution in [2.24, 2.45) is 5.41 Å². The predicted molar refractivity (Wildman–Crippen MR) is 71.9 cm³/mol. The molecule has 2 N–H and O–H groups in total. The third kappa shape index (κ3) is 5.53. The zero-order valence-electron chi connectivity index (χ0n) is 11.8. The van der Waals surface area contributed by atoms with Gasteiger partial charge in [0.2, 0.25) is 5.91 Å². The van der Waals surface area contributed by atoms with Crippen LogP contribution in [0.2, 0.25) is 0 Å². The van der Waals surface area contributed by atoms with Crippen molar-refractivity contribution in [3.63, 3.8) is 0 Å². The van der Waals surface area contributed by atoms with E-state index in [0.717, 1.165) is 19.3 Å². The van der Waals surface area contributed by atoms with Gasteiger partial charge in [0.05, 0.1) is 6.54 Å². The molecule has 1 fully saturated rings. The van der Waals surface area contributed by atoms with E-state index in [-0.39, 0.29) is 5.91 Å². The van der Waals surface area contributed by atoms with Crippen molar-refractivity contribution in [3.8, 4) is 0 Å². The Bertz CT molecular complexity index is 251. The first-order valence-corrected chi connectivity index (χ1v) is 6.95. The summed E-state index contributed by atoms with van der Waals surface area (Å²) in [7, 11) is 0. The van der Waals surface area contributed by atoms with Gasteiger partial charge in [0.25, 0.3) is 0 Å². The van der Waals surface area contributed by atoms with Gasteiger partial charge in [-0.15, -0.1) is 0 Å². The highest BCUT2D eigenvalue weighted by atomic mass is 16.1. The van der Waals surface area contributed by atoms with Gasteiger partial charge in [-0.2, -0.15) is 0 Å². The molecule has 0 aromatic rings. The highest BCUT2D eigenvalue weighted by Crippen LogP contribution is 2.34. The van der Waals surface area contributed by atoms with Gasteiger partial charge < -0.3 is 10.6 Å². The van der Waals surface area contributed by atoms with Gasteiger partial charge >= 0.3 is 0 Å². The third-order valence-corrected chi connectivity index (χ3v) is 3.79.